The summed E-state index contributed by atoms with van der Waals surface area (Å²) in [6.07, 6.45) is 0. The van der Waals surface area contributed by atoms with E-state index in [-0.39, 0.29) is 11.3 Å². The average molecular weight is 337 g/mol. The predicted molar refractivity (Wildman–Crippen MR) is 96.7 cm³/mol. The van der Waals surface area contributed by atoms with Crippen molar-refractivity contribution < 1.29 is 9.66 Å². The first-order chi connectivity index (χ1) is 11.4. The van der Waals surface area contributed by atoms with Gasteiger partial charge in [-0.3, -0.25) is 15.1 Å². The number of nitro groups is 1. The van der Waals surface area contributed by atoms with E-state index in [0.29, 0.717) is 19.6 Å². The molecule has 24 heavy (non-hydrogen) atoms. The van der Waals surface area contributed by atoms with Gasteiger partial charge in [0.2, 0.25) is 0 Å². The molecule has 0 fully saturated rings. The number of nitro benzene ring substituents is 1. The molecule has 1 rings (SSSR count). The summed E-state index contributed by atoms with van der Waals surface area (Å²) in [5.74, 6) is 0.730. The SMILES string of the molecule is CCNC(=NCC(C)(C)OC)NCCNc1ccc([N+](=O)[O-])cc1. The molecule has 0 saturated heterocycles. The molecule has 0 aliphatic rings. The van der Waals surface area contributed by atoms with Crippen molar-refractivity contribution >= 4 is 17.3 Å². The van der Waals surface area contributed by atoms with Crippen LogP contribution >= 0.6 is 0 Å². The van der Waals surface area contributed by atoms with Crippen molar-refractivity contribution in [2.45, 2.75) is 26.4 Å². The molecule has 0 aliphatic carbocycles. The van der Waals surface area contributed by atoms with Crippen LogP contribution < -0.4 is 16.0 Å². The van der Waals surface area contributed by atoms with Gasteiger partial charge in [0.1, 0.15) is 0 Å². The van der Waals surface area contributed by atoms with E-state index in [1.54, 1.807) is 19.2 Å². The zero-order valence-corrected chi connectivity index (χ0v) is 14.8. The molecule has 0 bridgehead atoms. The second-order valence-electron chi connectivity index (χ2n) is 5.82. The molecular formula is C16H27N5O3. The summed E-state index contributed by atoms with van der Waals surface area (Å²) in [7, 11) is 1.67. The molecule has 0 heterocycles. The summed E-state index contributed by atoms with van der Waals surface area (Å²) in [6, 6.07) is 6.35. The third kappa shape index (κ3) is 7.28. The summed E-state index contributed by atoms with van der Waals surface area (Å²) in [6.45, 7) is 8.62. The van der Waals surface area contributed by atoms with Crippen LogP contribution in [0.4, 0.5) is 11.4 Å². The summed E-state index contributed by atoms with van der Waals surface area (Å²) in [5, 5.41) is 20.2. The first-order valence-electron chi connectivity index (χ1n) is 7.93. The lowest BCUT2D eigenvalue weighted by Gasteiger charge is -2.21. The molecule has 3 N–H and O–H groups in total. The molecular weight excluding hydrogens is 310 g/mol. The Kier molecular flexibility index (Phi) is 7.97. The van der Waals surface area contributed by atoms with Crippen molar-refractivity contribution in [1.29, 1.82) is 0 Å². The minimum atomic E-state index is -0.411. The van der Waals surface area contributed by atoms with Gasteiger partial charge >= 0.3 is 0 Å². The highest BCUT2D eigenvalue weighted by atomic mass is 16.6. The molecule has 1 aromatic rings. The Morgan fingerprint density at radius 2 is 1.92 bits per heavy atom. The van der Waals surface area contributed by atoms with Gasteiger partial charge in [-0.1, -0.05) is 0 Å². The maximum absolute atomic E-state index is 10.6. The van der Waals surface area contributed by atoms with Gasteiger partial charge in [0.15, 0.2) is 5.96 Å². The Labute approximate surface area is 142 Å². The molecule has 0 saturated carbocycles. The second kappa shape index (κ2) is 9.71. The quantitative estimate of drug-likeness (QED) is 0.209. The van der Waals surface area contributed by atoms with Crippen LogP contribution in [0.25, 0.3) is 0 Å². The Morgan fingerprint density at radius 3 is 2.46 bits per heavy atom. The highest BCUT2D eigenvalue weighted by Crippen LogP contribution is 2.14. The van der Waals surface area contributed by atoms with E-state index >= 15 is 0 Å². The summed E-state index contributed by atoms with van der Waals surface area (Å²) >= 11 is 0. The van der Waals surface area contributed by atoms with Crippen LogP contribution in [0.1, 0.15) is 20.8 Å². The number of non-ortho nitro benzene ring substituents is 1. The summed E-state index contributed by atoms with van der Waals surface area (Å²) < 4.78 is 5.35. The fourth-order valence-electron chi connectivity index (χ4n) is 1.76. The van der Waals surface area contributed by atoms with Crippen LogP contribution in [-0.2, 0) is 4.74 Å². The lowest BCUT2D eigenvalue weighted by atomic mass is 10.1. The van der Waals surface area contributed by atoms with Crippen molar-refractivity contribution in [2.24, 2.45) is 4.99 Å². The first kappa shape index (κ1) is 19.7. The molecule has 0 unspecified atom stereocenters. The van der Waals surface area contributed by atoms with Gasteiger partial charge in [-0.2, -0.15) is 0 Å². The third-order valence-electron chi connectivity index (χ3n) is 3.34. The van der Waals surface area contributed by atoms with Gasteiger partial charge in [0.05, 0.1) is 17.1 Å². The largest absolute Gasteiger partial charge is 0.383 e. The maximum Gasteiger partial charge on any atom is 0.269 e. The number of nitrogens with zero attached hydrogens (tertiary/aromatic N) is 2. The van der Waals surface area contributed by atoms with E-state index < -0.39 is 4.92 Å². The highest BCUT2D eigenvalue weighted by Gasteiger charge is 2.15. The number of aliphatic imine (C=N–C) groups is 1. The van der Waals surface area contributed by atoms with Gasteiger partial charge in [-0.05, 0) is 32.9 Å². The van der Waals surface area contributed by atoms with Crippen LogP contribution in [0.3, 0.4) is 0 Å². The van der Waals surface area contributed by atoms with Crippen LogP contribution in [0.15, 0.2) is 29.3 Å². The standard InChI is InChI=1S/C16H27N5O3/c1-5-17-15(20-12-16(2,3)24-4)19-11-10-18-13-6-8-14(9-7-13)21(22)23/h6-9,18H,5,10-12H2,1-4H3,(H2,17,19,20). The second-order valence-corrected chi connectivity index (χ2v) is 5.82. The number of hydrogen-bond donors (Lipinski definition) is 3. The van der Waals surface area contributed by atoms with Crippen LogP contribution in [-0.4, -0.2) is 49.8 Å². The van der Waals surface area contributed by atoms with Crippen molar-refractivity contribution in [3.8, 4) is 0 Å². The van der Waals surface area contributed by atoms with Crippen LogP contribution in [0.2, 0.25) is 0 Å². The molecule has 134 valence electrons. The van der Waals surface area contributed by atoms with Gasteiger partial charge in [0, 0.05) is 44.6 Å². The van der Waals surface area contributed by atoms with E-state index in [9.17, 15) is 10.1 Å². The minimum absolute atomic E-state index is 0.0843. The van der Waals surface area contributed by atoms with Crippen molar-refractivity contribution in [3.63, 3.8) is 0 Å². The van der Waals surface area contributed by atoms with Gasteiger partial charge in [-0.25, -0.2) is 0 Å². The Bertz CT molecular complexity index is 543. The first-order valence-corrected chi connectivity index (χ1v) is 7.93. The Morgan fingerprint density at radius 1 is 1.25 bits per heavy atom. The van der Waals surface area contributed by atoms with Crippen LogP contribution in [0.5, 0.6) is 0 Å². The molecule has 0 radical (unpaired) electrons. The van der Waals surface area contributed by atoms with E-state index in [0.717, 1.165) is 18.2 Å². The van der Waals surface area contributed by atoms with E-state index in [1.807, 2.05) is 20.8 Å². The number of rotatable bonds is 9. The Balaban J connectivity index is 2.42. The van der Waals surface area contributed by atoms with Crippen molar-refractivity contribution in [3.05, 3.63) is 34.4 Å². The highest BCUT2D eigenvalue weighted by molar-refractivity contribution is 5.79. The number of nitrogens with one attached hydrogen (secondary N) is 3. The maximum atomic E-state index is 10.6. The van der Waals surface area contributed by atoms with Crippen molar-refractivity contribution in [2.75, 3.05) is 38.6 Å². The fourth-order valence-corrected chi connectivity index (χ4v) is 1.76. The third-order valence-corrected chi connectivity index (χ3v) is 3.34. The number of ether oxygens (including phenoxy) is 1. The van der Waals surface area contributed by atoms with Crippen molar-refractivity contribution in [1.82, 2.24) is 10.6 Å². The number of hydrogen-bond acceptors (Lipinski definition) is 5. The predicted octanol–water partition coefficient (Wildman–Crippen LogP) is 1.99. The number of methoxy groups -OCH3 is 1. The topological polar surface area (TPSA) is 101 Å². The molecule has 1 aromatic carbocycles. The molecule has 0 spiro atoms. The molecule has 0 amide bonds. The monoisotopic (exact) mass is 337 g/mol. The normalized spacial score (nSPS) is 11.9. The lowest BCUT2D eigenvalue weighted by molar-refractivity contribution is -0.384. The Hall–Kier alpha value is -2.35. The van der Waals surface area contributed by atoms with Gasteiger partial charge in [0.25, 0.3) is 5.69 Å². The number of benzene rings is 1. The zero-order chi connectivity index (χ0) is 18.0. The van der Waals surface area contributed by atoms with E-state index in [1.165, 1.54) is 12.1 Å². The van der Waals surface area contributed by atoms with E-state index in [2.05, 4.69) is 20.9 Å². The zero-order valence-electron chi connectivity index (χ0n) is 14.8. The molecule has 0 atom stereocenters. The average Bonchev–Trinajstić information content (AvgIpc) is 2.57. The van der Waals surface area contributed by atoms with Gasteiger partial charge in [-0.15, -0.1) is 0 Å². The molecule has 8 heteroatoms. The number of anilines is 1. The minimum Gasteiger partial charge on any atom is -0.383 e. The number of guanidine groups is 1. The summed E-state index contributed by atoms with van der Waals surface area (Å²) in [4.78, 5) is 14.7. The molecule has 0 aliphatic heterocycles. The van der Waals surface area contributed by atoms with Gasteiger partial charge < -0.3 is 20.7 Å². The lowest BCUT2D eigenvalue weighted by Crippen LogP contribution is -2.41. The van der Waals surface area contributed by atoms with Crippen LogP contribution in [0, 0.1) is 10.1 Å². The van der Waals surface area contributed by atoms with E-state index in [4.69, 9.17) is 4.74 Å². The molecule has 0 aromatic heterocycles. The summed E-state index contributed by atoms with van der Waals surface area (Å²) in [5.41, 5.74) is 0.616. The molecule has 8 nitrogen and oxygen atoms in total. The fraction of sp³-hybridized carbons (Fsp3) is 0.562. The smallest absolute Gasteiger partial charge is 0.269 e.